The second-order valence-corrected chi connectivity index (χ2v) is 4.16. The zero-order valence-corrected chi connectivity index (χ0v) is 8.90. The number of rotatable bonds is 1. The third kappa shape index (κ3) is 1.42. The van der Waals surface area contributed by atoms with E-state index in [1.807, 2.05) is 17.5 Å². The summed E-state index contributed by atoms with van der Waals surface area (Å²) in [5.41, 5.74) is 0.912. The van der Waals surface area contributed by atoms with Crippen molar-refractivity contribution in [2.75, 3.05) is 0 Å². The highest BCUT2D eigenvalue weighted by atomic mass is 32.1. The molecule has 0 saturated heterocycles. The van der Waals surface area contributed by atoms with E-state index in [-0.39, 0.29) is 0 Å². The van der Waals surface area contributed by atoms with E-state index in [0.717, 1.165) is 16.8 Å². The Kier molecular flexibility index (Phi) is 2.04. The minimum absolute atomic E-state index is 0.407. The molecule has 3 aromatic rings. The molecule has 5 heteroatoms. The molecule has 3 rings (SSSR count). The lowest BCUT2D eigenvalue weighted by molar-refractivity contribution is 0.500. The van der Waals surface area contributed by atoms with Gasteiger partial charge in [0.15, 0.2) is 12.0 Å². The van der Waals surface area contributed by atoms with Crippen LogP contribution in [-0.2, 0) is 0 Å². The zero-order chi connectivity index (χ0) is 11.0. The Morgan fingerprint density at radius 1 is 1.31 bits per heavy atom. The standard InChI is InChI=1S/C11H6N2O2S/c14-11-8-4-7(9-2-1-3-16-9)5-12-10(8)13-6-15-11/h1-6H. The van der Waals surface area contributed by atoms with E-state index in [2.05, 4.69) is 9.97 Å². The molecule has 0 N–H and O–H groups in total. The van der Waals surface area contributed by atoms with Gasteiger partial charge < -0.3 is 4.42 Å². The number of pyridine rings is 1. The third-order valence-electron chi connectivity index (χ3n) is 2.23. The van der Waals surface area contributed by atoms with E-state index in [9.17, 15) is 4.79 Å². The summed E-state index contributed by atoms with van der Waals surface area (Å²) in [6, 6.07) is 5.69. The van der Waals surface area contributed by atoms with E-state index >= 15 is 0 Å². The van der Waals surface area contributed by atoms with Gasteiger partial charge in [-0.05, 0) is 17.5 Å². The van der Waals surface area contributed by atoms with Gasteiger partial charge in [-0.25, -0.2) is 9.78 Å². The van der Waals surface area contributed by atoms with Crippen molar-refractivity contribution in [1.29, 1.82) is 0 Å². The molecule has 4 nitrogen and oxygen atoms in total. The second-order valence-electron chi connectivity index (χ2n) is 3.21. The van der Waals surface area contributed by atoms with Crippen LogP contribution in [0.4, 0.5) is 0 Å². The summed E-state index contributed by atoms with van der Waals surface area (Å²) >= 11 is 1.60. The third-order valence-corrected chi connectivity index (χ3v) is 3.15. The fraction of sp³-hybridized carbons (Fsp3) is 0. The Balaban J connectivity index is 2.31. The van der Waals surface area contributed by atoms with E-state index < -0.39 is 5.63 Å². The summed E-state index contributed by atoms with van der Waals surface area (Å²) < 4.78 is 4.71. The van der Waals surface area contributed by atoms with Crippen LogP contribution in [0, 0.1) is 0 Å². The molecule has 16 heavy (non-hydrogen) atoms. The lowest BCUT2D eigenvalue weighted by Crippen LogP contribution is -2.01. The van der Waals surface area contributed by atoms with Crippen LogP contribution < -0.4 is 5.63 Å². The van der Waals surface area contributed by atoms with E-state index in [4.69, 9.17) is 4.42 Å². The lowest BCUT2D eigenvalue weighted by Gasteiger charge is -1.98. The Morgan fingerprint density at radius 3 is 3.06 bits per heavy atom. The molecule has 3 aromatic heterocycles. The van der Waals surface area contributed by atoms with Crippen molar-refractivity contribution >= 4 is 22.4 Å². The molecular weight excluding hydrogens is 224 g/mol. The average Bonchev–Trinajstić information content (AvgIpc) is 2.83. The molecule has 0 spiro atoms. The van der Waals surface area contributed by atoms with Crippen LogP contribution in [0.15, 0.2) is 45.4 Å². The topological polar surface area (TPSA) is 56.0 Å². The number of fused-ring (bicyclic) bond motifs is 1. The van der Waals surface area contributed by atoms with E-state index in [1.54, 1.807) is 23.6 Å². The maximum Gasteiger partial charge on any atom is 0.348 e. The molecule has 0 amide bonds. The number of hydrogen-bond acceptors (Lipinski definition) is 5. The first-order valence-electron chi connectivity index (χ1n) is 4.62. The van der Waals surface area contributed by atoms with Crippen LogP contribution in [0.25, 0.3) is 21.5 Å². The fourth-order valence-corrected chi connectivity index (χ4v) is 2.18. The number of hydrogen-bond donors (Lipinski definition) is 0. The van der Waals surface area contributed by atoms with Crippen LogP contribution in [-0.4, -0.2) is 9.97 Å². The first-order valence-corrected chi connectivity index (χ1v) is 5.50. The molecule has 78 valence electrons. The Labute approximate surface area is 94.2 Å². The van der Waals surface area contributed by atoms with Gasteiger partial charge in [0.1, 0.15) is 5.39 Å². The molecule has 0 aliphatic heterocycles. The van der Waals surface area contributed by atoms with Gasteiger partial charge in [0.05, 0.1) is 0 Å². The van der Waals surface area contributed by atoms with Crippen LogP contribution in [0.3, 0.4) is 0 Å². The van der Waals surface area contributed by atoms with Crippen LogP contribution in [0.2, 0.25) is 0 Å². The normalized spacial score (nSPS) is 10.8. The van der Waals surface area contributed by atoms with Crippen LogP contribution in [0.5, 0.6) is 0 Å². The molecular formula is C11H6N2O2S. The number of thiophene rings is 1. The van der Waals surface area contributed by atoms with Crippen molar-refractivity contribution in [1.82, 2.24) is 9.97 Å². The maximum atomic E-state index is 11.5. The summed E-state index contributed by atoms with van der Waals surface area (Å²) in [5, 5.41) is 2.39. The molecule has 0 fully saturated rings. The molecule has 0 aromatic carbocycles. The summed E-state index contributed by atoms with van der Waals surface area (Å²) in [6.45, 7) is 0. The predicted octanol–water partition coefficient (Wildman–Crippen LogP) is 2.31. The number of aromatic nitrogens is 2. The Hall–Kier alpha value is -2.01. The van der Waals surface area contributed by atoms with Gasteiger partial charge >= 0.3 is 5.63 Å². The summed E-state index contributed by atoms with van der Waals surface area (Å²) in [4.78, 5) is 20.5. The van der Waals surface area contributed by atoms with Gasteiger partial charge in [-0.15, -0.1) is 11.3 Å². The molecule has 0 aliphatic carbocycles. The lowest BCUT2D eigenvalue weighted by atomic mass is 10.2. The van der Waals surface area contributed by atoms with E-state index in [1.165, 1.54) is 0 Å². The molecule has 0 radical (unpaired) electrons. The highest BCUT2D eigenvalue weighted by Gasteiger charge is 2.05. The van der Waals surface area contributed by atoms with Crippen molar-refractivity contribution in [3.05, 3.63) is 46.6 Å². The number of nitrogens with zero attached hydrogens (tertiary/aromatic N) is 2. The van der Waals surface area contributed by atoms with Gasteiger partial charge in [-0.1, -0.05) is 6.07 Å². The highest BCUT2D eigenvalue weighted by molar-refractivity contribution is 7.13. The smallest absolute Gasteiger partial charge is 0.348 e. The van der Waals surface area contributed by atoms with Crippen molar-refractivity contribution in [3.63, 3.8) is 0 Å². The summed E-state index contributed by atoms with van der Waals surface area (Å²) in [5.74, 6) is 0. The zero-order valence-electron chi connectivity index (χ0n) is 8.08. The largest absolute Gasteiger partial charge is 0.411 e. The Bertz CT molecular complexity index is 689. The first kappa shape index (κ1) is 9.23. The van der Waals surface area contributed by atoms with Gasteiger partial charge in [0.2, 0.25) is 0 Å². The van der Waals surface area contributed by atoms with Gasteiger partial charge in [-0.2, -0.15) is 4.98 Å². The molecule has 0 aliphatic rings. The van der Waals surface area contributed by atoms with Crippen molar-refractivity contribution in [2.45, 2.75) is 0 Å². The van der Waals surface area contributed by atoms with Gasteiger partial charge in [0, 0.05) is 16.6 Å². The minimum Gasteiger partial charge on any atom is -0.411 e. The maximum absolute atomic E-state index is 11.5. The quantitative estimate of drug-likeness (QED) is 0.643. The molecule has 0 atom stereocenters. The Morgan fingerprint density at radius 2 is 2.25 bits per heavy atom. The predicted molar refractivity (Wildman–Crippen MR) is 61.4 cm³/mol. The average molecular weight is 230 g/mol. The second kappa shape index (κ2) is 3.53. The fourth-order valence-electron chi connectivity index (χ4n) is 1.48. The summed E-state index contributed by atoms with van der Waals surface area (Å²) in [6.07, 6.45) is 2.82. The van der Waals surface area contributed by atoms with E-state index in [0.29, 0.717) is 11.0 Å². The molecule has 0 unspecified atom stereocenters. The monoisotopic (exact) mass is 230 g/mol. The molecule has 3 heterocycles. The minimum atomic E-state index is -0.407. The van der Waals surface area contributed by atoms with Crippen molar-refractivity contribution in [3.8, 4) is 10.4 Å². The van der Waals surface area contributed by atoms with Gasteiger partial charge in [0.25, 0.3) is 0 Å². The molecule has 0 saturated carbocycles. The molecule has 0 bridgehead atoms. The highest BCUT2D eigenvalue weighted by Crippen LogP contribution is 2.24. The van der Waals surface area contributed by atoms with Crippen molar-refractivity contribution in [2.24, 2.45) is 0 Å². The van der Waals surface area contributed by atoms with Crippen LogP contribution in [0.1, 0.15) is 0 Å². The SMILES string of the molecule is O=c1ocnc2ncc(-c3cccs3)cc12. The summed E-state index contributed by atoms with van der Waals surface area (Å²) in [7, 11) is 0. The van der Waals surface area contributed by atoms with Gasteiger partial charge in [-0.3, -0.25) is 0 Å². The first-order chi connectivity index (χ1) is 7.84. The van der Waals surface area contributed by atoms with Crippen LogP contribution >= 0.6 is 11.3 Å². The van der Waals surface area contributed by atoms with Crippen molar-refractivity contribution < 1.29 is 4.42 Å².